The van der Waals surface area contributed by atoms with E-state index in [9.17, 15) is 9.59 Å². The van der Waals surface area contributed by atoms with E-state index >= 15 is 0 Å². The van der Waals surface area contributed by atoms with Gasteiger partial charge in [-0.05, 0) is 18.6 Å². The smallest absolute Gasteiger partial charge is 0.374 e. The van der Waals surface area contributed by atoms with Gasteiger partial charge in [-0.25, -0.2) is 9.59 Å². The molecule has 0 unspecified atom stereocenters. The SMILES string of the molecule is CCCOC(=O)c1ccc(C(=O)OCCO)o1. The van der Waals surface area contributed by atoms with Gasteiger partial charge in [0.15, 0.2) is 0 Å². The molecule has 1 aromatic rings. The number of esters is 2. The molecule has 1 heterocycles. The molecular formula is C11H14O6. The highest BCUT2D eigenvalue weighted by atomic mass is 16.6. The summed E-state index contributed by atoms with van der Waals surface area (Å²) in [6.07, 6.45) is 0.706. The second-order valence-corrected chi connectivity index (χ2v) is 3.16. The standard InChI is InChI=1S/C11H14O6/c1-2-6-15-10(13)8-3-4-9(17-8)11(14)16-7-5-12/h3-4,12H,2,5-7H2,1H3. The largest absolute Gasteiger partial charge is 0.460 e. The molecule has 0 saturated heterocycles. The van der Waals surface area contributed by atoms with E-state index in [1.807, 2.05) is 6.92 Å². The minimum atomic E-state index is -0.728. The van der Waals surface area contributed by atoms with Crippen LogP contribution in [0.4, 0.5) is 0 Å². The van der Waals surface area contributed by atoms with Crippen molar-refractivity contribution >= 4 is 11.9 Å². The lowest BCUT2D eigenvalue weighted by Gasteiger charge is -2.00. The molecule has 6 nitrogen and oxygen atoms in total. The zero-order valence-electron chi connectivity index (χ0n) is 9.47. The van der Waals surface area contributed by atoms with Crippen molar-refractivity contribution in [1.29, 1.82) is 0 Å². The minimum absolute atomic E-state index is 0.0469. The van der Waals surface area contributed by atoms with Crippen LogP contribution < -0.4 is 0 Å². The van der Waals surface area contributed by atoms with Crippen molar-refractivity contribution in [3.05, 3.63) is 23.7 Å². The van der Waals surface area contributed by atoms with E-state index in [0.29, 0.717) is 13.0 Å². The molecule has 1 N–H and O–H groups in total. The predicted molar refractivity (Wildman–Crippen MR) is 56.6 cm³/mol. The number of carbonyl (C=O) groups is 2. The number of carbonyl (C=O) groups excluding carboxylic acids is 2. The number of aliphatic hydroxyl groups excluding tert-OH is 1. The van der Waals surface area contributed by atoms with Crippen LogP contribution in [-0.4, -0.2) is 36.9 Å². The Balaban J connectivity index is 2.58. The fourth-order valence-electron chi connectivity index (χ4n) is 1.03. The quantitative estimate of drug-likeness (QED) is 0.749. The van der Waals surface area contributed by atoms with Crippen LogP contribution in [0.25, 0.3) is 0 Å². The van der Waals surface area contributed by atoms with Gasteiger partial charge in [0, 0.05) is 0 Å². The molecule has 0 aliphatic rings. The van der Waals surface area contributed by atoms with Gasteiger partial charge in [0.1, 0.15) is 6.61 Å². The first-order valence-corrected chi connectivity index (χ1v) is 5.24. The molecule has 0 aliphatic heterocycles. The third-order valence-corrected chi connectivity index (χ3v) is 1.77. The van der Waals surface area contributed by atoms with Crippen molar-refractivity contribution in [2.45, 2.75) is 13.3 Å². The molecule has 6 heteroatoms. The van der Waals surface area contributed by atoms with Gasteiger partial charge in [0.25, 0.3) is 0 Å². The first kappa shape index (κ1) is 13.2. The topological polar surface area (TPSA) is 86.0 Å². The molecule has 0 spiro atoms. The number of aliphatic hydroxyl groups is 1. The Bertz CT molecular complexity index is 347. The zero-order chi connectivity index (χ0) is 12.7. The Morgan fingerprint density at radius 2 is 1.71 bits per heavy atom. The maximum atomic E-state index is 11.3. The summed E-state index contributed by atoms with van der Waals surface area (Å²) in [7, 11) is 0. The van der Waals surface area contributed by atoms with Crippen molar-refractivity contribution in [3.8, 4) is 0 Å². The van der Waals surface area contributed by atoms with Crippen LogP contribution in [0, 0.1) is 0 Å². The van der Waals surface area contributed by atoms with Crippen molar-refractivity contribution in [1.82, 2.24) is 0 Å². The van der Waals surface area contributed by atoms with Crippen LogP contribution in [-0.2, 0) is 9.47 Å². The average molecular weight is 242 g/mol. The number of furan rings is 1. The lowest BCUT2D eigenvalue weighted by atomic mass is 10.4. The summed E-state index contributed by atoms with van der Waals surface area (Å²) in [5.74, 6) is -1.49. The predicted octanol–water partition coefficient (Wildman–Crippen LogP) is 0.996. The molecule has 94 valence electrons. The maximum absolute atomic E-state index is 11.3. The van der Waals surface area contributed by atoms with E-state index < -0.39 is 11.9 Å². The first-order valence-electron chi connectivity index (χ1n) is 5.24. The van der Waals surface area contributed by atoms with Crippen molar-refractivity contribution in [2.24, 2.45) is 0 Å². The van der Waals surface area contributed by atoms with Gasteiger partial charge in [-0.1, -0.05) is 6.92 Å². The van der Waals surface area contributed by atoms with Crippen LogP contribution in [0.2, 0.25) is 0 Å². The van der Waals surface area contributed by atoms with Gasteiger partial charge in [-0.2, -0.15) is 0 Å². The van der Waals surface area contributed by atoms with Gasteiger partial charge in [-0.15, -0.1) is 0 Å². The number of hydrogen-bond acceptors (Lipinski definition) is 6. The summed E-state index contributed by atoms with van der Waals surface area (Å²) < 4.78 is 14.4. The molecule has 0 fully saturated rings. The molecule has 1 rings (SSSR count). The molecule has 0 bridgehead atoms. The summed E-state index contributed by atoms with van der Waals surface area (Å²) in [6.45, 7) is 1.78. The number of hydrogen-bond donors (Lipinski definition) is 1. The lowest BCUT2D eigenvalue weighted by molar-refractivity contribution is 0.0384. The maximum Gasteiger partial charge on any atom is 0.374 e. The van der Waals surface area contributed by atoms with Gasteiger partial charge < -0.3 is 19.0 Å². The first-order chi connectivity index (χ1) is 8.19. The normalized spacial score (nSPS) is 10.0. The highest BCUT2D eigenvalue weighted by Gasteiger charge is 2.17. The monoisotopic (exact) mass is 242 g/mol. The molecule has 0 aliphatic carbocycles. The summed E-state index contributed by atoms with van der Waals surface area (Å²) in [5.41, 5.74) is 0. The fourth-order valence-corrected chi connectivity index (χ4v) is 1.03. The van der Waals surface area contributed by atoms with E-state index in [2.05, 4.69) is 4.74 Å². The Labute approximate surface area is 98.1 Å². The molecule has 17 heavy (non-hydrogen) atoms. The number of ether oxygens (including phenoxy) is 2. The highest BCUT2D eigenvalue weighted by molar-refractivity contribution is 5.90. The zero-order valence-corrected chi connectivity index (χ0v) is 9.47. The average Bonchev–Trinajstić information content (AvgIpc) is 2.82. The minimum Gasteiger partial charge on any atom is -0.460 e. The second kappa shape index (κ2) is 6.70. The van der Waals surface area contributed by atoms with Crippen LogP contribution in [0.5, 0.6) is 0 Å². The molecule has 0 amide bonds. The van der Waals surface area contributed by atoms with Crippen LogP contribution in [0.3, 0.4) is 0 Å². The Morgan fingerprint density at radius 3 is 2.18 bits per heavy atom. The molecule has 0 radical (unpaired) electrons. The molecule has 0 aromatic carbocycles. The second-order valence-electron chi connectivity index (χ2n) is 3.16. The molecule has 0 atom stereocenters. The van der Waals surface area contributed by atoms with E-state index in [4.69, 9.17) is 14.3 Å². The number of rotatable bonds is 6. The van der Waals surface area contributed by atoms with Crippen LogP contribution >= 0.6 is 0 Å². The van der Waals surface area contributed by atoms with Crippen molar-refractivity contribution in [3.63, 3.8) is 0 Å². The summed E-state index contributed by atoms with van der Waals surface area (Å²) in [5, 5.41) is 8.47. The van der Waals surface area contributed by atoms with Gasteiger partial charge in [-0.3, -0.25) is 0 Å². The third-order valence-electron chi connectivity index (χ3n) is 1.77. The fraction of sp³-hybridized carbons (Fsp3) is 0.455. The van der Waals surface area contributed by atoms with Gasteiger partial charge in [0.05, 0.1) is 13.2 Å². The van der Waals surface area contributed by atoms with Crippen molar-refractivity contribution < 1.29 is 28.6 Å². The van der Waals surface area contributed by atoms with E-state index in [1.165, 1.54) is 12.1 Å². The van der Waals surface area contributed by atoms with Gasteiger partial charge >= 0.3 is 11.9 Å². The third kappa shape index (κ3) is 3.92. The lowest BCUT2D eigenvalue weighted by Crippen LogP contribution is -2.08. The summed E-state index contributed by atoms with van der Waals surface area (Å²) in [6, 6.07) is 2.66. The Morgan fingerprint density at radius 1 is 1.18 bits per heavy atom. The Hall–Kier alpha value is -1.82. The van der Waals surface area contributed by atoms with E-state index in [-0.39, 0.29) is 24.7 Å². The Kier molecular flexibility index (Phi) is 5.22. The van der Waals surface area contributed by atoms with E-state index in [0.717, 1.165) is 0 Å². The summed E-state index contributed by atoms with van der Waals surface area (Å²) in [4.78, 5) is 22.6. The highest BCUT2D eigenvalue weighted by Crippen LogP contribution is 2.10. The van der Waals surface area contributed by atoms with E-state index in [1.54, 1.807) is 0 Å². The van der Waals surface area contributed by atoms with Gasteiger partial charge in [0.2, 0.25) is 11.5 Å². The van der Waals surface area contributed by atoms with Crippen molar-refractivity contribution in [2.75, 3.05) is 19.8 Å². The summed E-state index contributed by atoms with van der Waals surface area (Å²) >= 11 is 0. The van der Waals surface area contributed by atoms with Crippen LogP contribution in [0.15, 0.2) is 16.5 Å². The molecule has 0 saturated carbocycles. The molecular weight excluding hydrogens is 228 g/mol. The van der Waals surface area contributed by atoms with Crippen LogP contribution in [0.1, 0.15) is 34.5 Å². The molecule has 1 aromatic heterocycles.